The van der Waals surface area contributed by atoms with Crippen molar-refractivity contribution in [1.29, 1.82) is 0 Å². The van der Waals surface area contributed by atoms with E-state index in [9.17, 15) is 4.79 Å². The monoisotopic (exact) mass is 453 g/mol. The Morgan fingerprint density at radius 1 is 1.09 bits per heavy atom. The molecule has 2 aromatic heterocycles. The number of hydrogen-bond donors (Lipinski definition) is 2. The number of amides is 1. The molecule has 2 aliphatic rings. The number of nitrogens with zero attached hydrogens (tertiary/aromatic N) is 5. The molecule has 4 aromatic rings. The minimum Gasteiger partial charge on any atom is -0.348 e. The third-order valence-electron chi connectivity index (χ3n) is 7.01. The van der Waals surface area contributed by atoms with Gasteiger partial charge in [0.05, 0.1) is 11.9 Å². The topological polar surface area (TPSA) is 89.7 Å². The van der Waals surface area contributed by atoms with Crippen molar-refractivity contribution in [3.63, 3.8) is 0 Å². The summed E-state index contributed by atoms with van der Waals surface area (Å²) in [6, 6.07) is 10.1. The zero-order valence-electron chi connectivity index (χ0n) is 19.8. The van der Waals surface area contributed by atoms with Crippen molar-refractivity contribution in [3.8, 4) is 22.6 Å². The molecule has 0 bridgehead atoms. The molecule has 1 fully saturated rings. The van der Waals surface area contributed by atoms with Crippen LogP contribution in [0.1, 0.15) is 51.6 Å². The van der Waals surface area contributed by atoms with Gasteiger partial charge in [-0.05, 0) is 61.6 Å². The smallest absolute Gasteiger partial charge is 0.251 e. The molecule has 1 aliphatic carbocycles. The van der Waals surface area contributed by atoms with Gasteiger partial charge in [0.25, 0.3) is 5.91 Å². The summed E-state index contributed by atoms with van der Waals surface area (Å²) in [6.45, 7) is 4.70. The molecule has 0 atom stereocenters. The predicted octanol–water partition coefficient (Wildman–Crippen LogP) is 4.36. The second-order valence-corrected chi connectivity index (χ2v) is 9.32. The van der Waals surface area contributed by atoms with Crippen LogP contribution in [-0.4, -0.2) is 30.2 Å². The molecule has 8 heteroatoms. The summed E-state index contributed by atoms with van der Waals surface area (Å²) in [5, 5.41) is 10.9. The van der Waals surface area contributed by atoms with Crippen molar-refractivity contribution in [2.45, 2.75) is 39.2 Å². The predicted molar refractivity (Wildman–Crippen MR) is 131 cm³/mol. The Morgan fingerprint density at radius 2 is 1.88 bits per heavy atom. The van der Waals surface area contributed by atoms with E-state index in [0.717, 1.165) is 39.2 Å². The summed E-state index contributed by atoms with van der Waals surface area (Å²) in [6.07, 6.45) is 4.46. The van der Waals surface area contributed by atoms with Crippen molar-refractivity contribution < 1.29 is 4.79 Å². The Balaban J connectivity index is 1.28. The number of rotatable bonds is 5. The van der Waals surface area contributed by atoms with Gasteiger partial charge in [-0.3, -0.25) is 4.79 Å². The molecule has 6 rings (SSSR count). The van der Waals surface area contributed by atoms with E-state index in [1.54, 1.807) is 4.68 Å². The van der Waals surface area contributed by atoms with E-state index in [1.165, 1.54) is 24.2 Å². The molecule has 1 saturated carbocycles. The summed E-state index contributed by atoms with van der Waals surface area (Å²) in [5.41, 5.74) is 8.19. The average molecular weight is 454 g/mol. The van der Waals surface area contributed by atoms with E-state index in [1.807, 2.05) is 32.3 Å². The quantitative estimate of drug-likeness (QED) is 0.469. The van der Waals surface area contributed by atoms with Gasteiger partial charge >= 0.3 is 0 Å². The first-order valence-corrected chi connectivity index (χ1v) is 11.6. The Kier molecular flexibility index (Phi) is 4.58. The van der Waals surface area contributed by atoms with Crippen molar-refractivity contribution in [2.24, 2.45) is 14.1 Å². The van der Waals surface area contributed by atoms with Gasteiger partial charge in [0.2, 0.25) is 5.95 Å². The van der Waals surface area contributed by atoms with Crippen molar-refractivity contribution in [3.05, 3.63) is 64.6 Å². The highest BCUT2D eigenvalue weighted by atomic mass is 16.1. The third-order valence-corrected chi connectivity index (χ3v) is 7.01. The van der Waals surface area contributed by atoms with Crippen LogP contribution in [0, 0.1) is 13.8 Å². The fourth-order valence-electron chi connectivity index (χ4n) is 4.82. The Bertz CT molecular complexity index is 1460. The van der Waals surface area contributed by atoms with Crippen molar-refractivity contribution >= 4 is 17.5 Å². The number of carbonyl (C=O) groups excluding carboxylic acids is 1. The van der Waals surface area contributed by atoms with Crippen LogP contribution in [0.5, 0.6) is 0 Å². The van der Waals surface area contributed by atoms with Gasteiger partial charge in [-0.15, -0.1) is 5.10 Å². The number of benzene rings is 2. The van der Waals surface area contributed by atoms with E-state index >= 15 is 0 Å². The summed E-state index contributed by atoms with van der Waals surface area (Å²) >= 11 is 0. The second kappa shape index (κ2) is 7.55. The van der Waals surface area contributed by atoms with Gasteiger partial charge in [0.1, 0.15) is 5.82 Å². The number of anilines is 2. The van der Waals surface area contributed by atoms with Crippen LogP contribution in [0.25, 0.3) is 22.6 Å². The Morgan fingerprint density at radius 3 is 2.65 bits per heavy atom. The highest BCUT2D eigenvalue weighted by Gasteiger charge is 2.28. The number of carbonyl (C=O) groups is 1. The number of aromatic nitrogens is 5. The number of imidazole rings is 1. The normalized spacial score (nSPS) is 14.9. The van der Waals surface area contributed by atoms with E-state index in [4.69, 9.17) is 4.98 Å². The lowest BCUT2D eigenvalue weighted by Gasteiger charge is -2.11. The lowest BCUT2D eigenvalue weighted by Crippen LogP contribution is -2.12. The van der Waals surface area contributed by atoms with Crippen LogP contribution < -0.4 is 10.6 Å². The van der Waals surface area contributed by atoms with Gasteiger partial charge in [0.15, 0.2) is 5.82 Å². The van der Waals surface area contributed by atoms with E-state index < -0.39 is 0 Å². The lowest BCUT2D eigenvalue weighted by molar-refractivity contribution is 0.0966. The van der Waals surface area contributed by atoms with Gasteiger partial charge < -0.3 is 15.2 Å². The summed E-state index contributed by atoms with van der Waals surface area (Å²) in [4.78, 5) is 21.4. The zero-order chi connectivity index (χ0) is 23.6. The molecule has 0 saturated heterocycles. The highest BCUT2D eigenvalue weighted by Crippen LogP contribution is 2.40. The molecule has 0 spiro atoms. The van der Waals surface area contributed by atoms with Crippen LogP contribution in [-0.2, 0) is 20.6 Å². The Hall–Kier alpha value is -3.94. The van der Waals surface area contributed by atoms with E-state index in [0.29, 0.717) is 24.2 Å². The van der Waals surface area contributed by atoms with Crippen LogP contribution in [0.2, 0.25) is 0 Å². The largest absolute Gasteiger partial charge is 0.348 e. The average Bonchev–Trinajstić information content (AvgIpc) is 3.34. The molecular weight excluding hydrogens is 426 g/mol. The lowest BCUT2D eigenvalue weighted by atomic mass is 10.0. The first-order chi connectivity index (χ1) is 16.4. The zero-order valence-corrected chi connectivity index (χ0v) is 19.8. The summed E-state index contributed by atoms with van der Waals surface area (Å²) in [5.74, 6) is 3.10. The van der Waals surface area contributed by atoms with Crippen LogP contribution in [0.3, 0.4) is 0 Å². The summed E-state index contributed by atoms with van der Waals surface area (Å²) < 4.78 is 3.97. The maximum Gasteiger partial charge on any atom is 0.251 e. The molecule has 1 aliphatic heterocycles. The van der Waals surface area contributed by atoms with Gasteiger partial charge in [-0.1, -0.05) is 12.1 Å². The highest BCUT2D eigenvalue weighted by molar-refractivity contribution is 5.99. The molecule has 2 aromatic carbocycles. The van der Waals surface area contributed by atoms with Gasteiger partial charge in [-0.25, -0.2) is 9.67 Å². The molecule has 2 N–H and O–H groups in total. The Labute approximate surface area is 198 Å². The SMILES string of the molecule is Cc1cc(-c2nc(Nc3ccc4c(c3C)CNC4=O)n(C)n2)ccc1-c1cnc(C2CC2)n1C. The molecule has 172 valence electrons. The number of nitrogens with one attached hydrogen (secondary N) is 2. The first-order valence-electron chi connectivity index (χ1n) is 11.6. The molecule has 3 heterocycles. The van der Waals surface area contributed by atoms with Crippen LogP contribution >= 0.6 is 0 Å². The third kappa shape index (κ3) is 3.29. The van der Waals surface area contributed by atoms with Crippen molar-refractivity contribution in [1.82, 2.24) is 29.6 Å². The fraction of sp³-hybridized carbons (Fsp3) is 0.308. The van der Waals surface area contributed by atoms with Crippen molar-refractivity contribution in [2.75, 3.05) is 5.32 Å². The molecule has 34 heavy (non-hydrogen) atoms. The maximum absolute atomic E-state index is 11.9. The molecular formula is C26H27N7O. The first kappa shape index (κ1) is 20.7. The maximum atomic E-state index is 11.9. The standard InChI is InChI=1S/C26H27N7O/c1-14-11-17(7-8-18(14)22-13-27-24(32(22)3)16-5-6-16)23-30-26(33(4)31-23)29-21-10-9-19-20(15(21)2)12-28-25(19)34/h7-11,13,16H,5-6,12H2,1-4H3,(H,28,34)(H,29,30,31). The minimum absolute atomic E-state index is 0.0145. The summed E-state index contributed by atoms with van der Waals surface area (Å²) in [7, 11) is 3.98. The molecule has 8 nitrogen and oxygen atoms in total. The fourth-order valence-corrected chi connectivity index (χ4v) is 4.82. The van der Waals surface area contributed by atoms with Gasteiger partial charge in [0, 0.05) is 48.9 Å². The van der Waals surface area contributed by atoms with Gasteiger partial charge in [-0.2, -0.15) is 4.98 Å². The molecule has 0 unspecified atom stereocenters. The number of fused-ring (bicyclic) bond motifs is 1. The minimum atomic E-state index is -0.0145. The second-order valence-electron chi connectivity index (χ2n) is 9.32. The van der Waals surface area contributed by atoms with E-state index in [-0.39, 0.29) is 5.91 Å². The molecule has 1 amide bonds. The van der Waals surface area contributed by atoms with Crippen LogP contribution in [0.4, 0.5) is 11.6 Å². The molecule has 0 radical (unpaired) electrons. The van der Waals surface area contributed by atoms with E-state index in [2.05, 4.69) is 57.5 Å². The van der Waals surface area contributed by atoms with Crippen LogP contribution in [0.15, 0.2) is 36.5 Å². The number of hydrogen-bond acceptors (Lipinski definition) is 5. The number of aryl methyl sites for hydroxylation is 2.